The van der Waals surface area contributed by atoms with E-state index < -0.39 is 23.5 Å². The molecule has 0 aliphatic rings. The number of thiazole rings is 1. The Balaban J connectivity index is 2.69. The van der Waals surface area contributed by atoms with Gasteiger partial charge in [-0.15, -0.1) is 11.3 Å². The van der Waals surface area contributed by atoms with E-state index in [9.17, 15) is 26.3 Å². The summed E-state index contributed by atoms with van der Waals surface area (Å²) in [5.74, 6) is 0. The molecule has 0 bridgehead atoms. The fourth-order valence-electron chi connectivity index (χ4n) is 1.74. The van der Waals surface area contributed by atoms with Crippen molar-refractivity contribution in [2.75, 3.05) is 5.73 Å². The molecule has 9 heteroatoms. The van der Waals surface area contributed by atoms with Crippen LogP contribution in [0.1, 0.15) is 16.1 Å². The fraction of sp³-hybridized carbons (Fsp3) is 0.250. The minimum absolute atomic E-state index is 0.0684. The zero-order chi connectivity index (χ0) is 16.0. The smallest absolute Gasteiger partial charge is 0.389 e. The highest BCUT2D eigenvalue weighted by molar-refractivity contribution is 7.16. The number of benzene rings is 1. The second-order valence-corrected chi connectivity index (χ2v) is 5.48. The zero-order valence-electron chi connectivity index (χ0n) is 10.4. The van der Waals surface area contributed by atoms with Crippen LogP contribution in [0.4, 0.5) is 31.3 Å². The monoisotopic (exact) mass is 326 g/mol. The van der Waals surface area contributed by atoms with Crippen molar-refractivity contribution in [3.8, 4) is 11.3 Å². The van der Waals surface area contributed by atoms with E-state index in [4.69, 9.17) is 5.73 Å². The summed E-state index contributed by atoms with van der Waals surface area (Å²) in [7, 11) is 0. The molecule has 0 aliphatic heterocycles. The van der Waals surface area contributed by atoms with Gasteiger partial charge in [0.25, 0.3) is 0 Å². The van der Waals surface area contributed by atoms with Crippen LogP contribution < -0.4 is 5.73 Å². The molecule has 2 nitrogen and oxygen atoms in total. The van der Waals surface area contributed by atoms with Crippen LogP contribution in [-0.2, 0) is 12.4 Å². The molecule has 0 atom stereocenters. The lowest BCUT2D eigenvalue weighted by Gasteiger charge is -2.13. The average molecular weight is 326 g/mol. The summed E-state index contributed by atoms with van der Waals surface area (Å²) in [6.07, 6.45) is -9.79. The summed E-state index contributed by atoms with van der Waals surface area (Å²) >= 11 is 0.995. The molecule has 114 valence electrons. The Morgan fingerprint density at radius 1 is 0.952 bits per heavy atom. The third kappa shape index (κ3) is 3.29. The normalized spacial score (nSPS) is 12.7. The SMILES string of the molecule is Cc1nc(-c2cc(C(F)(F)F)cc(C(F)(F)F)c2)c(N)s1. The number of hydrogen-bond acceptors (Lipinski definition) is 3. The van der Waals surface area contributed by atoms with Gasteiger partial charge in [-0.05, 0) is 25.1 Å². The van der Waals surface area contributed by atoms with Crippen molar-refractivity contribution in [2.45, 2.75) is 19.3 Å². The van der Waals surface area contributed by atoms with Gasteiger partial charge in [0.05, 0.1) is 16.1 Å². The van der Waals surface area contributed by atoms with Crippen molar-refractivity contribution in [1.82, 2.24) is 4.98 Å². The van der Waals surface area contributed by atoms with Gasteiger partial charge in [-0.2, -0.15) is 26.3 Å². The summed E-state index contributed by atoms with van der Waals surface area (Å²) in [6.45, 7) is 1.56. The highest BCUT2D eigenvalue weighted by atomic mass is 32.1. The number of nitrogen functional groups attached to an aromatic ring is 1. The maximum Gasteiger partial charge on any atom is 0.416 e. The van der Waals surface area contributed by atoms with E-state index in [1.54, 1.807) is 6.92 Å². The summed E-state index contributed by atoms with van der Waals surface area (Å²) < 4.78 is 76.4. The maximum atomic E-state index is 12.7. The van der Waals surface area contributed by atoms with Gasteiger partial charge in [0, 0.05) is 5.56 Å². The fourth-order valence-corrected chi connectivity index (χ4v) is 2.46. The lowest BCUT2D eigenvalue weighted by Crippen LogP contribution is -2.11. The molecule has 0 saturated heterocycles. The van der Waals surface area contributed by atoms with Crippen molar-refractivity contribution in [1.29, 1.82) is 0 Å². The molecule has 0 aliphatic carbocycles. The van der Waals surface area contributed by atoms with E-state index in [-0.39, 0.29) is 22.3 Å². The first-order valence-corrected chi connectivity index (χ1v) is 6.33. The lowest BCUT2D eigenvalue weighted by atomic mass is 10.0. The van der Waals surface area contributed by atoms with Crippen molar-refractivity contribution in [3.63, 3.8) is 0 Å². The number of hydrogen-bond donors (Lipinski definition) is 1. The quantitative estimate of drug-likeness (QED) is 0.769. The maximum absolute atomic E-state index is 12.7. The van der Waals surface area contributed by atoms with Gasteiger partial charge in [-0.3, -0.25) is 0 Å². The first-order chi connectivity index (χ1) is 9.48. The second kappa shape index (κ2) is 4.90. The molecule has 1 aromatic carbocycles. The van der Waals surface area contributed by atoms with Crippen LogP contribution in [-0.4, -0.2) is 4.98 Å². The Morgan fingerprint density at radius 3 is 1.76 bits per heavy atom. The first kappa shape index (κ1) is 15.6. The molecular formula is C12H8F6N2S. The highest BCUT2D eigenvalue weighted by Crippen LogP contribution is 2.40. The van der Waals surface area contributed by atoms with E-state index in [0.717, 1.165) is 11.3 Å². The van der Waals surface area contributed by atoms with Gasteiger partial charge in [0.15, 0.2) is 0 Å². The number of rotatable bonds is 1. The van der Waals surface area contributed by atoms with E-state index in [2.05, 4.69) is 4.98 Å². The molecule has 2 aromatic rings. The Labute approximate surface area is 119 Å². The van der Waals surface area contributed by atoms with Gasteiger partial charge in [0.2, 0.25) is 0 Å². The lowest BCUT2D eigenvalue weighted by molar-refractivity contribution is -0.143. The van der Waals surface area contributed by atoms with Crippen LogP contribution >= 0.6 is 11.3 Å². The van der Waals surface area contributed by atoms with E-state index in [0.29, 0.717) is 17.1 Å². The van der Waals surface area contributed by atoms with Crippen LogP contribution in [0.2, 0.25) is 0 Å². The van der Waals surface area contributed by atoms with Crippen molar-refractivity contribution in [3.05, 3.63) is 34.3 Å². The molecule has 0 saturated carbocycles. The predicted octanol–water partition coefficient (Wildman–Crippen LogP) is 4.74. The van der Waals surface area contributed by atoms with Crippen molar-refractivity contribution < 1.29 is 26.3 Å². The molecule has 0 amide bonds. The number of alkyl halides is 6. The number of nitrogens with two attached hydrogens (primary N) is 1. The van der Waals surface area contributed by atoms with Gasteiger partial charge in [0.1, 0.15) is 10.7 Å². The number of nitrogens with zero attached hydrogens (tertiary/aromatic N) is 1. The molecular weight excluding hydrogens is 318 g/mol. The summed E-state index contributed by atoms with van der Waals surface area (Å²) in [6, 6.07) is 1.29. The Bertz CT molecular complexity index is 639. The zero-order valence-corrected chi connectivity index (χ0v) is 11.2. The third-order valence-electron chi connectivity index (χ3n) is 2.62. The molecule has 1 aromatic heterocycles. The number of aryl methyl sites for hydroxylation is 1. The highest BCUT2D eigenvalue weighted by Gasteiger charge is 2.37. The summed E-state index contributed by atoms with van der Waals surface area (Å²) in [5, 5.41) is 0.522. The van der Waals surface area contributed by atoms with Crippen LogP contribution in [0.5, 0.6) is 0 Å². The molecule has 0 fully saturated rings. The predicted molar refractivity (Wildman–Crippen MR) is 66.7 cm³/mol. The molecule has 0 unspecified atom stereocenters. The van der Waals surface area contributed by atoms with Crippen LogP contribution in [0.3, 0.4) is 0 Å². The molecule has 1 heterocycles. The second-order valence-electron chi connectivity index (χ2n) is 4.24. The minimum Gasteiger partial charge on any atom is -0.389 e. The number of anilines is 1. The van der Waals surface area contributed by atoms with Gasteiger partial charge < -0.3 is 5.73 Å². The van der Waals surface area contributed by atoms with Crippen LogP contribution in [0.25, 0.3) is 11.3 Å². The van der Waals surface area contributed by atoms with E-state index >= 15 is 0 Å². The molecule has 21 heavy (non-hydrogen) atoms. The van der Waals surface area contributed by atoms with Crippen LogP contribution in [0.15, 0.2) is 18.2 Å². The largest absolute Gasteiger partial charge is 0.416 e. The third-order valence-corrected chi connectivity index (χ3v) is 3.42. The topological polar surface area (TPSA) is 38.9 Å². The standard InChI is InChI=1S/C12H8F6N2S/c1-5-20-9(10(19)21-5)6-2-7(11(13,14)15)4-8(3-6)12(16,17)18/h2-4H,19H2,1H3. The van der Waals surface area contributed by atoms with Gasteiger partial charge in [-0.1, -0.05) is 0 Å². The van der Waals surface area contributed by atoms with Crippen molar-refractivity contribution in [2.24, 2.45) is 0 Å². The molecule has 2 rings (SSSR count). The molecule has 2 N–H and O–H groups in total. The van der Waals surface area contributed by atoms with Crippen molar-refractivity contribution >= 4 is 16.3 Å². The number of halogens is 6. The number of aromatic nitrogens is 1. The van der Waals surface area contributed by atoms with Crippen LogP contribution in [0, 0.1) is 6.92 Å². The minimum atomic E-state index is -4.89. The van der Waals surface area contributed by atoms with E-state index in [1.165, 1.54) is 0 Å². The average Bonchev–Trinajstić information content (AvgIpc) is 2.65. The Kier molecular flexibility index (Phi) is 3.64. The van der Waals surface area contributed by atoms with Gasteiger partial charge >= 0.3 is 12.4 Å². The Hall–Kier alpha value is -1.77. The summed E-state index contributed by atoms with van der Waals surface area (Å²) in [5.41, 5.74) is 2.42. The molecule has 0 radical (unpaired) electrons. The Morgan fingerprint density at radius 2 is 1.43 bits per heavy atom. The van der Waals surface area contributed by atoms with Gasteiger partial charge in [-0.25, -0.2) is 4.98 Å². The molecule has 0 spiro atoms. The summed E-state index contributed by atoms with van der Waals surface area (Å²) in [4.78, 5) is 3.89. The first-order valence-electron chi connectivity index (χ1n) is 5.51. The van der Waals surface area contributed by atoms with E-state index in [1.807, 2.05) is 0 Å².